The number of anilines is 2. The molecule has 42 heavy (non-hydrogen) atoms. The van der Waals surface area contributed by atoms with Gasteiger partial charge in [-0.25, -0.2) is 28.9 Å². The summed E-state index contributed by atoms with van der Waals surface area (Å²) >= 11 is 0. The smallest absolute Gasteiger partial charge is 0.394 e. The van der Waals surface area contributed by atoms with E-state index >= 15 is 0 Å². The van der Waals surface area contributed by atoms with Gasteiger partial charge in [0.15, 0.2) is 35.1 Å². The molecule has 8 N–H and O–H groups in total. The number of aromatic amines is 1. The molecule has 0 bridgehead atoms. The zero-order valence-electron chi connectivity index (χ0n) is 21.5. The number of aliphatic hydroxyl groups is 2. The third kappa shape index (κ3) is 5.22. The minimum absolute atomic E-state index is 0.0129. The van der Waals surface area contributed by atoms with Crippen molar-refractivity contribution in [2.45, 2.75) is 55.9 Å². The molecule has 6 heterocycles. The van der Waals surface area contributed by atoms with Gasteiger partial charge in [0, 0.05) is 12.8 Å². The lowest BCUT2D eigenvalue weighted by Gasteiger charge is -2.23. The van der Waals surface area contributed by atoms with Crippen molar-refractivity contribution in [2.24, 2.45) is 0 Å². The molecule has 0 radical (unpaired) electrons. The van der Waals surface area contributed by atoms with Crippen LogP contribution in [0.2, 0.25) is 0 Å². The first-order valence-electron chi connectivity index (χ1n) is 12.6. The lowest BCUT2D eigenvalue weighted by molar-refractivity contribution is -0.0856. The fraction of sp³-hybridized carbons (Fsp3) is 0.524. The number of rotatable bonds is 9. The van der Waals surface area contributed by atoms with Gasteiger partial charge in [0.05, 0.1) is 38.1 Å². The largest absolute Gasteiger partial charge is 0.472 e. The number of nitrogens with one attached hydrogen (secondary N) is 1. The van der Waals surface area contributed by atoms with Crippen molar-refractivity contribution in [1.29, 1.82) is 0 Å². The highest BCUT2D eigenvalue weighted by atomic mass is 31.2. The number of phosphoric acid groups is 1. The summed E-state index contributed by atoms with van der Waals surface area (Å²) in [5, 5.41) is 19.6. The van der Waals surface area contributed by atoms with E-state index in [4.69, 9.17) is 30.0 Å². The van der Waals surface area contributed by atoms with E-state index in [9.17, 15) is 28.9 Å². The van der Waals surface area contributed by atoms with E-state index in [1.165, 1.54) is 28.1 Å². The van der Waals surface area contributed by atoms with Crippen molar-refractivity contribution in [2.75, 3.05) is 24.7 Å². The number of halogens is 1. The lowest BCUT2D eigenvalue weighted by atomic mass is 10.1. The van der Waals surface area contributed by atoms with E-state index in [0.29, 0.717) is 0 Å². The van der Waals surface area contributed by atoms with Crippen LogP contribution in [0.25, 0.3) is 22.3 Å². The summed E-state index contributed by atoms with van der Waals surface area (Å²) in [4.78, 5) is 45.1. The number of nitrogen functional groups attached to an aromatic ring is 2. The van der Waals surface area contributed by atoms with Gasteiger partial charge >= 0.3 is 7.82 Å². The average molecular weight is 612 g/mol. The Morgan fingerprint density at radius 2 is 1.86 bits per heavy atom. The van der Waals surface area contributed by atoms with Crippen LogP contribution >= 0.6 is 7.82 Å². The minimum atomic E-state index is -4.85. The van der Waals surface area contributed by atoms with Crippen LogP contribution in [0.5, 0.6) is 0 Å². The maximum Gasteiger partial charge on any atom is 0.472 e. The van der Waals surface area contributed by atoms with Gasteiger partial charge in [0.2, 0.25) is 5.95 Å². The highest BCUT2D eigenvalue weighted by molar-refractivity contribution is 7.47. The normalized spacial score (nSPS) is 28.5. The third-order valence-electron chi connectivity index (χ3n) is 6.92. The van der Waals surface area contributed by atoms with Crippen molar-refractivity contribution < 1.29 is 42.6 Å². The van der Waals surface area contributed by atoms with Crippen LogP contribution in [0.15, 0.2) is 23.8 Å². The Kier molecular flexibility index (Phi) is 7.39. The molecule has 21 heteroatoms. The molecule has 0 aliphatic carbocycles. The maximum absolute atomic E-state index is 14.9. The number of ether oxygens (including phenoxy) is 2. The second kappa shape index (κ2) is 10.9. The van der Waals surface area contributed by atoms with Gasteiger partial charge in [0.1, 0.15) is 30.2 Å². The summed E-state index contributed by atoms with van der Waals surface area (Å²) in [6.45, 7) is -1.18. The molecule has 19 nitrogen and oxygen atoms in total. The van der Waals surface area contributed by atoms with Crippen molar-refractivity contribution >= 4 is 41.9 Å². The summed E-state index contributed by atoms with van der Waals surface area (Å²) in [7, 11) is -4.85. The molecule has 0 aromatic carbocycles. The van der Waals surface area contributed by atoms with Gasteiger partial charge in [-0.2, -0.15) is 4.98 Å². The van der Waals surface area contributed by atoms with Gasteiger partial charge in [-0.15, -0.1) is 0 Å². The van der Waals surface area contributed by atoms with Crippen molar-refractivity contribution in [3.63, 3.8) is 0 Å². The number of H-pyrrole nitrogens is 1. The molecule has 2 fully saturated rings. The number of aromatic nitrogens is 8. The molecular weight excluding hydrogens is 586 g/mol. The van der Waals surface area contributed by atoms with E-state index in [2.05, 4.69) is 29.9 Å². The first kappa shape index (κ1) is 28.5. The molecule has 0 saturated carbocycles. The molecule has 0 spiro atoms. The maximum atomic E-state index is 14.9. The Bertz CT molecular complexity index is 1720. The molecule has 4 aromatic rings. The standard InChI is InChI=1S/C21H26FN10O9P/c22-9-1-8(39-19(9)31-6-27-13-15(23)25-5-26-16(13)31)4-38-42(36,37)41-12-2-11(10(34)3-33)40-20(12)32-7-28-14-17(32)29-21(24)30-18(14)35/h5-12,19-20,33-34H,1-4H2,(H,36,37)(H2,23,25,26)(H3,24,29,30,35)/t8-,9-,10?,11?,12-,19?,20?/m0/s1. The van der Waals surface area contributed by atoms with Crippen LogP contribution in [0.4, 0.5) is 16.2 Å². The van der Waals surface area contributed by atoms with E-state index < -0.39 is 69.6 Å². The molecule has 8 atom stereocenters. The fourth-order valence-corrected chi connectivity index (χ4v) is 5.94. The number of aliphatic hydroxyl groups excluding tert-OH is 2. The highest BCUT2D eigenvalue weighted by Gasteiger charge is 2.46. The first-order chi connectivity index (χ1) is 20.0. The molecule has 6 rings (SSSR count). The zero-order valence-corrected chi connectivity index (χ0v) is 22.4. The minimum Gasteiger partial charge on any atom is -0.394 e. The van der Waals surface area contributed by atoms with E-state index in [1.54, 1.807) is 0 Å². The Balaban J connectivity index is 1.16. The Hall–Kier alpha value is -3.62. The number of hydrogen-bond acceptors (Lipinski definition) is 15. The molecule has 5 unspecified atom stereocenters. The summed E-state index contributed by atoms with van der Waals surface area (Å²) in [5.41, 5.74) is 11.2. The number of nitrogens with zero attached hydrogens (tertiary/aromatic N) is 7. The molecule has 2 aliphatic heterocycles. The summed E-state index contributed by atoms with van der Waals surface area (Å²) in [6, 6.07) is 0. The van der Waals surface area contributed by atoms with Crippen LogP contribution in [0.1, 0.15) is 25.3 Å². The van der Waals surface area contributed by atoms with Crippen molar-refractivity contribution in [1.82, 2.24) is 39.0 Å². The predicted octanol–water partition coefficient (Wildman–Crippen LogP) is -1.11. The second-order valence-corrected chi connectivity index (χ2v) is 11.1. The monoisotopic (exact) mass is 612 g/mol. The average Bonchev–Trinajstić information content (AvgIpc) is 3.72. The predicted molar refractivity (Wildman–Crippen MR) is 138 cm³/mol. The molecule has 4 aromatic heterocycles. The van der Waals surface area contributed by atoms with Gasteiger partial charge in [-0.3, -0.25) is 28.0 Å². The summed E-state index contributed by atoms with van der Waals surface area (Å²) < 4.78 is 52.6. The quantitative estimate of drug-likeness (QED) is 0.122. The molecular formula is C21H26FN10O9P. The van der Waals surface area contributed by atoms with Gasteiger partial charge < -0.3 is 36.0 Å². The summed E-state index contributed by atoms with van der Waals surface area (Å²) in [6.07, 6.45) is -5.12. The van der Waals surface area contributed by atoms with Gasteiger partial charge in [-0.1, -0.05) is 0 Å². The van der Waals surface area contributed by atoms with Gasteiger partial charge in [0.25, 0.3) is 5.56 Å². The van der Waals surface area contributed by atoms with Crippen LogP contribution in [-0.4, -0.2) is 97.9 Å². The third-order valence-corrected chi connectivity index (χ3v) is 7.93. The van der Waals surface area contributed by atoms with E-state index in [-0.39, 0.29) is 46.9 Å². The van der Waals surface area contributed by atoms with E-state index in [1.807, 2.05) is 0 Å². The number of phosphoric ester groups is 1. The van der Waals surface area contributed by atoms with E-state index in [0.717, 1.165) is 0 Å². The lowest BCUT2D eigenvalue weighted by Crippen LogP contribution is -2.29. The molecule has 2 saturated heterocycles. The number of alkyl halides is 1. The number of hydrogen-bond donors (Lipinski definition) is 6. The number of nitrogens with two attached hydrogens (primary N) is 2. The Morgan fingerprint density at radius 1 is 1.12 bits per heavy atom. The van der Waals surface area contributed by atoms with Crippen LogP contribution in [0.3, 0.4) is 0 Å². The highest BCUT2D eigenvalue weighted by Crippen LogP contribution is 2.50. The van der Waals surface area contributed by atoms with Crippen molar-refractivity contribution in [3.8, 4) is 0 Å². The van der Waals surface area contributed by atoms with Crippen molar-refractivity contribution in [3.05, 3.63) is 29.3 Å². The van der Waals surface area contributed by atoms with Crippen LogP contribution < -0.4 is 17.0 Å². The summed E-state index contributed by atoms with van der Waals surface area (Å²) in [5.74, 6) is -0.100. The Morgan fingerprint density at radius 3 is 2.62 bits per heavy atom. The zero-order chi connectivity index (χ0) is 29.8. The Labute approximate surface area is 233 Å². The number of imidazole rings is 2. The molecule has 226 valence electrons. The van der Waals surface area contributed by atoms with Crippen LogP contribution in [0, 0.1) is 0 Å². The first-order valence-corrected chi connectivity index (χ1v) is 14.1. The fourth-order valence-electron chi connectivity index (χ4n) is 4.99. The SMILES string of the molecule is Nc1nc2c(ncn2C2OC(C(O)CO)C[C@@H]2OP(=O)(O)OC[C@@H]2C[C@H](F)C(n3cnc4c(N)ncnc43)O2)c(=O)[nH]1. The number of fused-ring (bicyclic) bond motifs is 2. The van der Waals surface area contributed by atoms with Gasteiger partial charge in [-0.05, 0) is 0 Å². The van der Waals surface area contributed by atoms with Crippen LogP contribution in [-0.2, 0) is 23.1 Å². The topological polar surface area (TPSA) is 274 Å². The second-order valence-electron chi connectivity index (χ2n) is 9.72. The molecule has 0 amide bonds. The molecule has 2 aliphatic rings.